The number of hydrogen-bond acceptors (Lipinski definition) is 3. The first kappa shape index (κ1) is 32.7. The van der Waals surface area contributed by atoms with Crippen LogP contribution in [-0.2, 0) is 0 Å². The molecule has 7 heteroatoms. The Bertz CT molecular complexity index is 2630. The van der Waals surface area contributed by atoms with Gasteiger partial charge < -0.3 is 14.7 Å². The van der Waals surface area contributed by atoms with Crippen LogP contribution in [0.25, 0.3) is 0 Å². The Hall–Kier alpha value is -6.70. The van der Waals surface area contributed by atoms with Gasteiger partial charge in [0.05, 0.1) is 5.69 Å². The van der Waals surface area contributed by atoms with Gasteiger partial charge in [-0.2, -0.15) is 0 Å². The lowest BCUT2D eigenvalue weighted by Crippen LogP contribution is -2.83. The number of anilines is 9. The van der Waals surface area contributed by atoms with Crippen LogP contribution in [0, 0.1) is 11.6 Å². The minimum Gasteiger partial charge on any atom is -0.311 e. The second-order valence-corrected chi connectivity index (χ2v) is 18.8. The Morgan fingerprint density at radius 1 is 0.429 bits per heavy atom. The Morgan fingerprint density at radius 2 is 0.857 bits per heavy atom. The summed E-state index contributed by atoms with van der Waals surface area (Å²) in [6.45, 7) is 2.42. The zero-order chi connectivity index (χ0) is 37.5. The second-order valence-electron chi connectivity index (χ2n) is 14.9. The van der Waals surface area contributed by atoms with E-state index in [1.165, 1.54) is 31.9 Å². The van der Waals surface area contributed by atoms with Crippen LogP contribution in [0.4, 0.5) is 60.0 Å². The van der Waals surface area contributed by atoms with Crippen LogP contribution in [0.2, 0.25) is 6.55 Å². The van der Waals surface area contributed by atoms with Crippen molar-refractivity contribution in [3.63, 3.8) is 0 Å². The third-order valence-corrected chi connectivity index (χ3v) is 16.5. The van der Waals surface area contributed by atoms with Gasteiger partial charge in [0.15, 0.2) is 0 Å². The van der Waals surface area contributed by atoms with Crippen molar-refractivity contribution in [2.45, 2.75) is 6.55 Å². The normalized spacial score (nSPS) is 14.0. The van der Waals surface area contributed by atoms with Crippen molar-refractivity contribution in [1.82, 2.24) is 0 Å². The van der Waals surface area contributed by atoms with Gasteiger partial charge >= 0.3 is 0 Å². The number of para-hydroxylation sites is 2. The summed E-state index contributed by atoms with van der Waals surface area (Å²) in [5.74, 6) is -0.557. The lowest BCUT2D eigenvalue weighted by Gasteiger charge is -2.51. The van der Waals surface area contributed by atoms with Crippen LogP contribution in [0.3, 0.4) is 0 Å². The van der Waals surface area contributed by atoms with E-state index >= 15 is 0 Å². The van der Waals surface area contributed by atoms with Crippen molar-refractivity contribution >= 4 is 97.9 Å². The molecule has 266 valence electrons. The van der Waals surface area contributed by atoms with Crippen molar-refractivity contribution in [1.29, 1.82) is 0 Å². The van der Waals surface area contributed by atoms with E-state index in [1.807, 2.05) is 36.4 Å². The predicted molar refractivity (Wildman–Crippen MR) is 232 cm³/mol. The summed E-state index contributed by atoms with van der Waals surface area (Å²) in [4.78, 5) is 6.97. The fourth-order valence-electron chi connectivity index (χ4n) is 9.64. The van der Waals surface area contributed by atoms with Crippen molar-refractivity contribution in [3.8, 4) is 0 Å². The maximum Gasteiger partial charge on any atom is 0.251 e. The predicted octanol–water partition coefficient (Wildman–Crippen LogP) is 8.93. The molecule has 8 aromatic rings. The summed E-state index contributed by atoms with van der Waals surface area (Å²) in [5, 5.41) is 4.11. The third kappa shape index (κ3) is 4.67. The third-order valence-electron chi connectivity index (χ3n) is 12.0. The van der Waals surface area contributed by atoms with Crippen LogP contribution < -0.4 is 46.6 Å². The molecule has 0 unspecified atom stereocenters. The Labute approximate surface area is 326 Å². The standard InChI is InChI=1S/C49H34BF2N3Si/c1-56(40-17-9-4-10-18-40)45-21-11-19-41-48(45)50-47-43(54(41)37-27-23-33(51)24-28-37)31-39(53(35-13-5-2-6-14-35)36-15-7-3-8-16-36)32-44(47)55(38-29-25-34(52)26-30-38)42-20-12-22-46(56)49(42)50/h2-32H,1H3. The van der Waals surface area contributed by atoms with E-state index in [2.05, 4.69) is 149 Å². The van der Waals surface area contributed by atoms with Gasteiger partial charge in [-0.25, -0.2) is 8.78 Å². The number of benzene rings is 8. The summed E-state index contributed by atoms with van der Waals surface area (Å²) in [6, 6.07) is 63.8. The molecule has 3 aliphatic rings. The second kappa shape index (κ2) is 12.4. The molecule has 0 atom stereocenters. The molecule has 8 aromatic carbocycles. The average molecular weight is 742 g/mol. The molecule has 0 fully saturated rings. The number of halogens is 2. The van der Waals surface area contributed by atoms with Crippen molar-refractivity contribution in [2.24, 2.45) is 0 Å². The first-order valence-electron chi connectivity index (χ1n) is 19.0. The number of rotatable bonds is 6. The summed E-state index contributed by atoms with van der Waals surface area (Å²) in [6.07, 6.45) is 0. The fraction of sp³-hybridized carbons (Fsp3) is 0.0204. The molecule has 0 saturated heterocycles. The van der Waals surface area contributed by atoms with Gasteiger partial charge in [-0.3, -0.25) is 0 Å². The van der Waals surface area contributed by atoms with Gasteiger partial charge in [-0.05, 0) is 119 Å². The minimum atomic E-state index is -2.61. The monoisotopic (exact) mass is 741 g/mol. The van der Waals surface area contributed by atoms with E-state index in [9.17, 15) is 8.78 Å². The van der Waals surface area contributed by atoms with E-state index in [0.29, 0.717) is 0 Å². The highest BCUT2D eigenvalue weighted by Gasteiger charge is 2.53. The molecule has 0 aromatic heterocycles. The van der Waals surface area contributed by atoms with Gasteiger partial charge in [0, 0.05) is 45.5 Å². The summed E-state index contributed by atoms with van der Waals surface area (Å²) in [7, 11) is -2.61. The fourth-order valence-corrected chi connectivity index (χ4v) is 13.9. The molecule has 0 amide bonds. The van der Waals surface area contributed by atoms with Crippen molar-refractivity contribution in [3.05, 3.63) is 200 Å². The molecule has 3 heterocycles. The lowest BCUT2D eigenvalue weighted by molar-refractivity contribution is 0.627. The van der Waals surface area contributed by atoms with E-state index in [-0.39, 0.29) is 18.3 Å². The maximum atomic E-state index is 14.7. The van der Waals surface area contributed by atoms with E-state index in [4.69, 9.17) is 0 Å². The smallest absolute Gasteiger partial charge is 0.251 e. The molecular formula is C49H34BF2N3Si. The summed E-state index contributed by atoms with van der Waals surface area (Å²) < 4.78 is 29.4. The Balaban J connectivity index is 1.30. The van der Waals surface area contributed by atoms with Crippen LogP contribution in [0.5, 0.6) is 0 Å². The SMILES string of the molecule is C[Si]1(c2ccccc2)c2cccc3c2B2c4c(cc(N(c5ccccc5)c5ccccc5)cc4N(c4ccc(F)cc4)c4cccc1c42)N3c1ccc(F)cc1. The summed E-state index contributed by atoms with van der Waals surface area (Å²) in [5.41, 5.74) is 12.8. The zero-order valence-electron chi connectivity index (χ0n) is 30.6. The van der Waals surface area contributed by atoms with E-state index in [1.54, 1.807) is 24.3 Å². The molecule has 0 bridgehead atoms. The van der Waals surface area contributed by atoms with Crippen LogP contribution in [0.1, 0.15) is 0 Å². The average Bonchev–Trinajstić information content (AvgIpc) is 3.24. The molecule has 11 rings (SSSR count). The van der Waals surface area contributed by atoms with Crippen LogP contribution >= 0.6 is 0 Å². The van der Waals surface area contributed by atoms with Crippen molar-refractivity contribution < 1.29 is 8.78 Å². The molecule has 0 N–H and O–H groups in total. The highest BCUT2D eigenvalue weighted by Crippen LogP contribution is 2.48. The largest absolute Gasteiger partial charge is 0.311 e. The molecule has 0 spiro atoms. The Kier molecular flexibility index (Phi) is 7.25. The highest BCUT2D eigenvalue weighted by atomic mass is 28.3. The molecule has 0 aliphatic carbocycles. The Morgan fingerprint density at radius 3 is 1.30 bits per heavy atom. The van der Waals surface area contributed by atoms with Crippen molar-refractivity contribution in [2.75, 3.05) is 14.7 Å². The summed E-state index contributed by atoms with van der Waals surface area (Å²) >= 11 is 0. The van der Waals surface area contributed by atoms with Gasteiger partial charge in [0.1, 0.15) is 19.7 Å². The minimum absolute atomic E-state index is 0.0639. The van der Waals surface area contributed by atoms with E-state index < -0.39 is 8.07 Å². The number of nitrogens with zero attached hydrogens (tertiary/aromatic N) is 3. The molecule has 0 saturated carbocycles. The number of hydrogen-bond donors (Lipinski definition) is 0. The van der Waals surface area contributed by atoms with Gasteiger partial charge in [0.2, 0.25) is 0 Å². The maximum absolute atomic E-state index is 14.7. The van der Waals surface area contributed by atoms with Gasteiger partial charge in [-0.15, -0.1) is 0 Å². The van der Waals surface area contributed by atoms with Crippen LogP contribution in [0.15, 0.2) is 188 Å². The van der Waals surface area contributed by atoms with Crippen LogP contribution in [-0.4, -0.2) is 14.8 Å². The molecule has 3 aliphatic heterocycles. The van der Waals surface area contributed by atoms with Gasteiger partial charge in [0.25, 0.3) is 6.71 Å². The first-order chi connectivity index (χ1) is 27.5. The molecule has 0 radical (unpaired) electrons. The zero-order valence-corrected chi connectivity index (χ0v) is 31.6. The first-order valence-corrected chi connectivity index (χ1v) is 21.5. The quantitative estimate of drug-likeness (QED) is 0.158. The van der Waals surface area contributed by atoms with Gasteiger partial charge in [-0.1, -0.05) is 108 Å². The molecule has 56 heavy (non-hydrogen) atoms. The topological polar surface area (TPSA) is 9.72 Å². The lowest BCUT2D eigenvalue weighted by atomic mass is 9.33. The molecule has 3 nitrogen and oxygen atoms in total. The van der Waals surface area contributed by atoms with E-state index in [0.717, 1.165) is 51.2 Å². The highest BCUT2D eigenvalue weighted by molar-refractivity contribution is 7.21. The molecular weight excluding hydrogens is 707 g/mol.